The molecule has 0 saturated carbocycles. The van der Waals surface area contributed by atoms with Gasteiger partial charge in [0, 0.05) is 28.0 Å². The number of rotatable bonds is 5. The third-order valence-electron chi connectivity index (χ3n) is 3.93. The van der Waals surface area contributed by atoms with Gasteiger partial charge in [-0.3, -0.25) is 4.79 Å². The zero-order chi connectivity index (χ0) is 17.9. The van der Waals surface area contributed by atoms with Crippen LogP contribution in [0, 0.1) is 0 Å². The van der Waals surface area contributed by atoms with Crippen LogP contribution in [0.4, 0.5) is 0 Å². The van der Waals surface area contributed by atoms with Gasteiger partial charge in [0.05, 0.1) is 18.4 Å². The van der Waals surface area contributed by atoms with Crippen LogP contribution in [0.2, 0.25) is 0 Å². The van der Waals surface area contributed by atoms with Gasteiger partial charge in [-0.2, -0.15) is 0 Å². The van der Waals surface area contributed by atoms with Crippen molar-refractivity contribution in [3.05, 3.63) is 71.4 Å². The van der Waals surface area contributed by atoms with Crippen LogP contribution in [0.3, 0.4) is 0 Å². The van der Waals surface area contributed by atoms with Gasteiger partial charge in [-0.1, -0.05) is 30.3 Å². The average molecular weight is 365 g/mol. The van der Waals surface area contributed by atoms with Crippen LogP contribution in [0.1, 0.15) is 11.3 Å². The molecule has 0 aliphatic rings. The standard InChI is InChI=1S/C20H15NO4S/c22-16-6-7-17-14(10-24-18(17)9-16)8-19(23)25-11-15-12-26-20(21-15)13-4-2-1-3-5-13/h1-7,9-10,12,22H,8,11H2. The number of benzene rings is 2. The molecule has 2 heterocycles. The first-order valence-corrected chi connectivity index (χ1v) is 8.91. The number of phenols is 1. The third-order valence-corrected chi connectivity index (χ3v) is 4.87. The van der Waals surface area contributed by atoms with Crippen LogP contribution in [0.15, 0.2) is 64.6 Å². The molecule has 6 heteroatoms. The Balaban J connectivity index is 1.39. The second-order valence-electron chi connectivity index (χ2n) is 5.79. The Morgan fingerprint density at radius 2 is 2.04 bits per heavy atom. The van der Waals surface area contributed by atoms with E-state index in [0.29, 0.717) is 5.58 Å². The number of nitrogens with zero attached hydrogens (tertiary/aromatic N) is 1. The van der Waals surface area contributed by atoms with Crippen molar-refractivity contribution >= 4 is 28.3 Å². The number of carbonyl (C=O) groups is 1. The predicted octanol–water partition coefficient (Wildman–Crippen LogP) is 4.55. The van der Waals surface area contributed by atoms with E-state index in [-0.39, 0.29) is 24.7 Å². The van der Waals surface area contributed by atoms with Gasteiger partial charge >= 0.3 is 5.97 Å². The normalized spacial score (nSPS) is 10.9. The van der Waals surface area contributed by atoms with Crippen molar-refractivity contribution in [2.45, 2.75) is 13.0 Å². The van der Waals surface area contributed by atoms with Gasteiger partial charge < -0.3 is 14.3 Å². The van der Waals surface area contributed by atoms with E-state index in [2.05, 4.69) is 4.98 Å². The SMILES string of the molecule is O=C(Cc1coc2cc(O)ccc12)OCc1csc(-c2ccccc2)n1. The highest BCUT2D eigenvalue weighted by Gasteiger charge is 2.13. The van der Waals surface area contributed by atoms with Gasteiger partial charge in [0.15, 0.2) is 0 Å². The molecule has 0 unspecified atom stereocenters. The van der Waals surface area contributed by atoms with Crippen LogP contribution in [-0.2, 0) is 22.6 Å². The Labute approximate surface area is 153 Å². The van der Waals surface area contributed by atoms with Crippen molar-refractivity contribution < 1.29 is 19.1 Å². The number of carbonyl (C=O) groups excluding carboxylic acids is 1. The van der Waals surface area contributed by atoms with E-state index < -0.39 is 0 Å². The molecular formula is C20H15NO4S. The Kier molecular flexibility index (Phi) is 4.41. The van der Waals surface area contributed by atoms with E-state index in [0.717, 1.165) is 27.2 Å². The number of thiazole rings is 1. The maximum atomic E-state index is 12.1. The quantitative estimate of drug-likeness (QED) is 0.525. The number of hydrogen-bond acceptors (Lipinski definition) is 6. The molecule has 5 nitrogen and oxygen atoms in total. The van der Waals surface area contributed by atoms with Crippen LogP contribution < -0.4 is 0 Å². The van der Waals surface area contributed by atoms with E-state index in [4.69, 9.17) is 9.15 Å². The lowest BCUT2D eigenvalue weighted by molar-refractivity contribution is -0.144. The first kappa shape index (κ1) is 16.4. The summed E-state index contributed by atoms with van der Waals surface area (Å²) in [6.07, 6.45) is 1.62. The lowest BCUT2D eigenvalue weighted by Gasteiger charge is -2.02. The molecule has 0 atom stereocenters. The monoisotopic (exact) mass is 365 g/mol. The van der Waals surface area contributed by atoms with Crippen LogP contribution in [0.25, 0.3) is 21.5 Å². The van der Waals surface area contributed by atoms with E-state index in [9.17, 15) is 9.90 Å². The molecule has 0 amide bonds. The summed E-state index contributed by atoms with van der Waals surface area (Å²) in [5, 5.41) is 13.0. The summed E-state index contributed by atoms with van der Waals surface area (Å²) in [7, 11) is 0. The lowest BCUT2D eigenvalue weighted by atomic mass is 10.1. The maximum Gasteiger partial charge on any atom is 0.310 e. The molecule has 0 saturated heterocycles. The van der Waals surface area contributed by atoms with Crippen LogP contribution in [0.5, 0.6) is 5.75 Å². The first-order valence-electron chi connectivity index (χ1n) is 8.03. The number of hydrogen-bond donors (Lipinski definition) is 1. The highest BCUT2D eigenvalue weighted by molar-refractivity contribution is 7.13. The van der Waals surface area contributed by atoms with Gasteiger partial charge in [0.25, 0.3) is 0 Å². The molecular weight excluding hydrogens is 350 g/mol. The summed E-state index contributed by atoms with van der Waals surface area (Å²) < 4.78 is 10.7. The minimum Gasteiger partial charge on any atom is -0.508 e. The number of ether oxygens (including phenoxy) is 1. The topological polar surface area (TPSA) is 72.6 Å². The van der Waals surface area contributed by atoms with Gasteiger partial charge in [-0.15, -0.1) is 11.3 Å². The molecule has 0 bridgehead atoms. The Morgan fingerprint density at radius 1 is 1.19 bits per heavy atom. The summed E-state index contributed by atoms with van der Waals surface area (Å²) in [4.78, 5) is 16.6. The molecule has 0 radical (unpaired) electrons. The van der Waals surface area contributed by atoms with Gasteiger partial charge in [0.2, 0.25) is 0 Å². The molecule has 4 aromatic rings. The van der Waals surface area contributed by atoms with E-state index in [1.165, 1.54) is 23.7 Å². The zero-order valence-corrected chi connectivity index (χ0v) is 14.5. The van der Waals surface area contributed by atoms with E-state index in [1.54, 1.807) is 12.1 Å². The molecule has 1 N–H and O–H groups in total. The van der Waals surface area contributed by atoms with Gasteiger partial charge in [-0.05, 0) is 12.1 Å². The summed E-state index contributed by atoms with van der Waals surface area (Å²) in [6.45, 7) is 0.138. The van der Waals surface area contributed by atoms with Crippen molar-refractivity contribution in [3.63, 3.8) is 0 Å². The Hall–Kier alpha value is -3.12. The fraction of sp³-hybridized carbons (Fsp3) is 0.100. The Bertz CT molecular complexity index is 1050. The van der Waals surface area contributed by atoms with Gasteiger partial charge in [-0.25, -0.2) is 4.98 Å². The van der Waals surface area contributed by atoms with Crippen molar-refractivity contribution in [3.8, 4) is 16.3 Å². The largest absolute Gasteiger partial charge is 0.508 e. The fourth-order valence-corrected chi connectivity index (χ4v) is 3.47. The summed E-state index contributed by atoms with van der Waals surface area (Å²) in [5.74, 6) is -0.228. The highest BCUT2D eigenvalue weighted by atomic mass is 32.1. The number of furan rings is 1. The predicted molar refractivity (Wildman–Crippen MR) is 98.9 cm³/mol. The van der Waals surface area contributed by atoms with Crippen molar-refractivity contribution in [1.82, 2.24) is 4.98 Å². The van der Waals surface area contributed by atoms with Crippen molar-refractivity contribution in [1.29, 1.82) is 0 Å². The number of aromatic nitrogens is 1. The number of fused-ring (bicyclic) bond motifs is 1. The van der Waals surface area contributed by atoms with Crippen LogP contribution >= 0.6 is 11.3 Å². The number of phenolic OH excluding ortho intramolecular Hbond substituents is 1. The number of aromatic hydroxyl groups is 1. The molecule has 0 fully saturated rings. The molecule has 26 heavy (non-hydrogen) atoms. The Morgan fingerprint density at radius 3 is 2.88 bits per heavy atom. The lowest BCUT2D eigenvalue weighted by Crippen LogP contribution is -2.07. The second-order valence-corrected chi connectivity index (χ2v) is 6.65. The summed E-state index contributed by atoms with van der Waals surface area (Å²) in [5.41, 5.74) is 3.04. The minimum absolute atomic E-state index is 0.105. The molecule has 0 aliphatic heterocycles. The zero-order valence-electron chi connectivity index (χ0n) is 13.7. The first-order chi connectivity index (χ1) is 12.7. The van der Waals surface area contributed by atoms with Crippen LogP contribution in [-0.4, -0.2) is 16.1 Å². The van der Waals surface area contributed by atoms with Gasteiger partial charge in [0.1, 0.15) is 22.9 Å². The highest BCUT2D eigenvalue weighted by Crippen LogP contribution is 2.26. The van der Waals surface area contributed by atoms with E-state index >= 15 is 0 Å². The summed E-state index contributed by atoms with van der Waals surface area (Å²) in [6, 6.07) is 14.7. The molecule has 2 aromatic heterocycles. The second kappa shape index (κ2) is 7.01. The minimum atomic E-state index is -0.352. The molecule has 4 rings (SSSR count). The summed E-state index contributed by atoms with van der Waals surface area (Å²) >= 11 is 1.52. The third kappa shape index (κ3) is 3.45. The van der Waals surface area contributed by atoms with Crippen molar-refractivity contribution in [2.24, 2.45) is 0 Å². The smallest absolute Gasteiger partial charge is 0.310 e. The molecule has 2 aromatic carbocycles. The number of esters is 1. The maximum absolute atomic E-state index is 12.1. The molecule has 0 aliphatic carbocycles. The molecule has 0 spiro atoms. The van der Waals surface area contributed by atoms with Crippen molar-refractivity contribution in [2.75, 3.05) is 0 Å². The average Bonchev–Trinajstić information content (AvgIpc) is 3.28. The molecule has 130 valence electrons. The fourth-order valence-electron chi connectivity index (χ4n) is 2.66. The van der Waals surface area contributed by atoms with E-state index in [1.807, 2.05) is 35.7 Å².